The number of hydrogen-bond acceptors (Lipinski definition) is 5. The molecule has 7 nitrogen and oxygen atoms in total. The van der Waals surface area contributed by atoms with Crippen molar-refractivity contribution in [2.75, 3.05) is 17.6 Å². The quantitative estimate of drug-likeness (QED) is 0.709. The number of nitrogens with zero attached hydrogens (tertiary/aromatic N) is 2. The molecule has 3 N–H and O–H groups in total. The second-order valence-electron chi connectivity index (χ2n) is 3.45. The van der Waals surface area contributed by atoms with Crippen LogP contribution in [0.1, 0.15) is 6.42 Å². The van der Waals surface area contributed by atoms with Crippen LogP contribution in [0.25, 0.3) is 0 Å². The zero-order chi connectivity index (χ0) is 13.1. The van der Waals surface area contributed by atoms with E-state index < -0.39 is 15.6 Å². The fraction of sp³-hybridized carbons (Fsp3) is 0.500. The summed E-state index contributed by atoms with van der Waals surface area (Å²) in [4.78, 5) is 11.4. The zero-order valence-corrected chi connectivity index (χ0v) is 10.8. The number of nitrogens with one attached hydrogen (secondary N) is 1. The Kier molecular flexibility index (Phi) is 4.49. The molecular weight excluding hydrogens is 268 g/mol. The molecule has 0 aromatic carbocycles. The van der Waals surface area contributed by atoms with Crippen LogP contribution in [0.5, 0.6) is 0 Å². The normalized spacial score (nSPS) is 11.5. The number of aryl methyl sites for hydroxylation is 1. The molecule has 0 amide bonds. The minimum absolute atomic E-state index is 0.0260. The van der Waals surface area contributed by atoms with Crippen molar-refractivity contribution in [3.63, 3.8) is 0 Å². The second kappa shape index (κ2) is 5.48. The highest BCUT2D eigenvalue weighted by Gasteiger charge is 2.07. The van der Waals surface area contributed by atoms with Gasteiger partial charge in [-0.3, -0.25) is 4.79 Å². The van der Waals surface area contributed by atoms with E-state index in [0.717, 1.165) is 4.68 Å². The first-order chi connectivity index (χ1) is 7.81. The van der Waals surface area contributed by atoms with Gasteiger partial charge in [0.05, 0.1) is 17.6 Å². The molecule has 0 bridgehead atoms. The lowest BCUT2D eigenvalue weighted by atomic mass is 10.4. The third kappa shape index (κ3) is 4.33. The first kappa shape index (κ1) is 13.9. The molecule has 1 aromatic heterocycles. The van der Waals surface area contributed by atoms with Gasteiger partial charge in [-0.25, -0.2) is 18.2 Å². The van der Waals surface area contributed by atoms with E-state index in [4.69, 9.17) is 16.7 Å². The van der Waals surface area contributed by atoms with E-state index >= 15 is 0 Å². The molecule has 0 saturated heterocycles. The van der Waals surface area contributed by atoms with Crippen LogP contribution < -0.4 is 16.0 Å². The summed E-state index contributed by atoms with van der Waals surface area (Å²) in [6.07, 6.45) is 1.73. The summed E-state index contributed by atoms with van der Waals surface area (Å²) in [7, 11) is -1.97. The van der Waals surface area contributed by atoms with Crippen LogP contribution in [0.3, 0.4) is 0 Å². The van der Waals surface area contributed by atoms with Gasteiger partial charge < -0.3 is 5.32 Å². The van der Waals surface area contributed by atoms with Gasteiger partial charge >= 0.3 is 0 Å². The number of anilines is 1. The molecule has 17 heavy (non-hydrogen) atoms. The lowest BCUT2D eigenvalue weighted by Crippen LogP contribution is -2.22. The van der Waals surface area contributed by atoms with Crippen molar-refractivity contribution in [1.82, 2.24) is 9.78 Å². The number of rotatable bonds is 5. The highest BCUT2D eigenvalue weighted by Crippen LogP contribution is 2.14. The van der Waals surface area contributed by atoms with Crippen molar-refractivity contribution in [2.24, 2.45) is 12.2 Å². The van der Waals surface area contributed by atoms with Crippen molar-refractivity contribution >= 4 is 27.3 Å². The van der Waals surface area contributed by atoms with E-state index in [9.17, 15) is 13.2 Å². The Balaban J connectivity index is 2.59. The van der Waals surface area contributed by atoms with Gasteiger partial charge in [-0.2, -0.15) is 5.10 Å². The van der Waals surface area contributed by atoms with Crippen LogP contribution in [0, 0.1) is 0 Å². The Hall–Kier alpha value is -1.12. The molecule has 0 aliphatic heterocycles. The van der Waals surface area contributed by atoms with Gasteiger partial charge in [0.15, 0.2) is 0 Å². The Morgan fingerprint density at radius 3 is 2.82 bits per heavy atom. The van der Waals surface area contributed by atoms with Gasteiger partial charge in [-0.05, 0) is 6.42 Å². The van der Waals surface area contributed by atoms with Crippen molar-refractivity contribution in [3.8, 4) is 0 Å². The topological polar surface area (TPSA) is 107 Å². The molecule has 0 aliphatic rings. The van der Waals surface area contributed by atoms with Gasteiger partial charge in [0.2, 0.25) is 10.0 Å². The Morgan fingerprint density at radius 2 is 2.24 bits per heavy atom. The summed E-state index contributed by atoms with van der Waals surface area (Å²) in [5, 5.41) is 11.5. The molecule has 0 unspecified atom stereocenters. The first-order valence-corrected chi connectivity index (χ1v) is 6.87. The molecule has 1 rings (SSSR count). The Bertz CT molecular complexity index is 554. The SMILES string of the molecule is Cn1ncc(NCCCS(N)(=O)=O)c(Cl)c1=O. The van der Waals surface area contributed by atoms with E-state index in [1.807, 2.05) is 0 Å². The number of primary sulfonamides is 1. The highest BCUT2D eigenvalue weighted by molar-refractivity contribution is 7.89. The maximum atomic E-state index is 11.4. The minimum atomic E-state index is -3.46. The number of nitrogens with two attached hydrogens (primary N) is 1. The lowest BCUT2D eigenvalue weighted by molar-refractivity contribution is 0.596. The summed E-state index contributed by atoms with van der Waals surface area (Å²) in [6.45, 7) is 0.338. The van der Waals surface area contributed by atoms with Crippen molar-refractivity contribution < 1.29 is 8.42 Å². The van der Waals surface area contributed by atoms with E-state index in [0.29, 0.717) is 18.7 Å². The standard InChI is InChI=1S/C8H13ClN4O3S/c1-13-8(14)7(9)6(5-12-13)11-3-2-4-17(10,15)16/h5,11H,2-4H2,1H3,(H2,10,15,16). The van der Waals surface area contributed by atoms with Gasteiger partial charge in [0, 0.05) is 13.6 Å². The van der Waals surface area contributed by atoms with Crippen LogP contribution in [0.2, 0.25) is 5.02 Å². The maximum Gasteiger partial charge on any atom is 0.287 e. The van der Waals surface area contributed by atoms with Gasteiger partial charge in [-0.15, -0.1) is 0 Å². The van der Waals surface area contributed by atoms with E-state index in [1.165, 1.54) is 13.2 Å². The van der Waals surface area contributed by atoms with Crippen molar-refractivity contribution in [3.05, 3.63) is 21.6 Å². The number of hydrogen-bond donors (Lipinski definition) is 2. The molecule has 9 heteroatoms. The second-order valence-corrected chi connectivity index (χ2v) is 5.56. The monoisotopic (exact) mass is 280 g/mol. The Labute approximate surface area is 104 Å². The summed E-state index contributed by atoms with van der Waals surface area (Å²) >= 11 is 5.79. The van der Waals surface area contributed by atoms with Crippen LogP contribution in [-0.4, -0.2) is 30.5 Å². The Morgan fingerprint density at radius 1 is 1.59 bits per heavy atom. The van der Waals surface area contributed by atoms with E-state index in [2.05, 4.69) is 10.4 Å². The summed E-state index contributed by atoms with van der Waals surface area (Å²) < 4.78 is 22.4. The molecule has 96 valence electrons. The van der Waals surface area contributed by atoms with Gasteiger partial charge in [0.1, 0.15) is 5.02 Å². The van der Waals surface area contributed by atoms with Crippen LogP contribution >= 0.6 is 11.6 Å². The fourth-order valence-corrected chi connectivity index (χ4v) is 1.91. The van der Waals surface area contributed by atoms with Crippen LogP contribution in [0.4, 0.5) is 5.69 Å². The summed E-state index contributed by atoms with van der Waals surface area (Å²) in [5.41, 5.74) is -0.0349. The smallest absolute Gasteiger partial charge is 0.287 e. The fourth-order valence-electron chi connectivity index (χ4n) is 1.13. The number of sulfonamides is 1. The largest absolute Gasteiger partial charge is 0.382 e. The predicted molar refractivity (Wildman–Crippen MR) is 65.6 cm³/mol. The third-order valence-electron chi connectivity index (χ3n) is 2.00. The molecule has 0 fully saturated rings. The van der Waals surface area contributed by atoms with Crippen molar-refractivity contribution in [1.29, 1.82) is 0 Å². The molecule has 0 atom stereocenters. The number of halogens is 1. The molecule has 1 aromatic rings. The van der Waals surface area contributed by atoms with Gasteiger partial charge in [-0.1, -0.05) is 11.6 Å². The summed E-state index contributed by atoms with van der Waals surface area (Å²) in [5.74, 6) is -0.129. The van der Waals surface area contributed by atoms with Crippen LogP contribution in [0.15, 0.2) is 11.0 Å². The zero-order valence-electron chi connectivity index (χ0n) is 9.18. The molecular formula is C8H13ClN4O3S. The minimum Gasteiger partial charge on any atom is -0.382 e. The molecule has 0 radical (unpaired) electrons. The van der Waals surface area contributed by atoms with Crippen molar-refractivity contribution in [2.45, 2.75) is 6.42 Å². The highest BCUT2D eigenvalue weighted by atomic mass is 35.5. The first-order valence-electron chi connectivity index (χ1n) is 4.77. The van der Waals surface area contributed by atoms with E-state index in [-0.39, 0.29) is 10.8 Å². The van der Waals surface area contributed by atoms with Gasteiger partial charge in [0.25, 0.3) is 5.56 Å². The molecule has 0 saturated carbocycles. The number of aromatic nitrogens is 2. The molecule has 1 heterocycles. The predicted octanol–water partition coefficient (Wildman–Crippen LogP) is -0.476. The summed E-state index contributed by atoms with van der Waals surface area (Å²) in [6, 6.07) is 0. The maximum absolute atomic E-state index is 11.4. The third-order valence-corrected chi connectivity index (χ3v) is 3.22. The van der Waals surface area contributed by atoms with Crippen LogP contribution in [-0.2, 0) is 17.1 Å². The lowest BCUT2D eigenvalue weighted by Gasteiger charge is -2.07. The molecule has 0 spiro atoms. The molecule has 0 aliphatic carbocycles. The average molecular weight is 281 g/mol. The van der Waals surface area contributed by atoms with E-state index in [1.54, 1.807) is 0 Å². The average Bonchev–Trinajstić information content (AvgIpc) is 2.22.